The van der Waals surface area contributed by atoms with Crippen LogP contribution >= 0.6 is 11.3 Å². The van der Waals surface area contributed by atoms with E-state index >= 15 is 0 Å². The number of hydrogen-bond donors (Lipinski definition) is 0. The van der Waals surface area contributed by atoms with Crippen molar-refractivity contribution in [3.8, 4) is 11.5 Å². The van der Waals surface area contributed by atoms with Crippen LogP contribution in [0.3, 0.4) is 0 Å². The molecule has 6 heteroatoms. The van der Waals surface area contributed by atoms with E-state index in [1.54, 1.807) is 6.26 Å². The molecule has 0 amide bonds. The van der Waals surface area contributed by atoms with E-state index in [2.05, 4.69) is 17.1 Å². The van der Waals surface area contributed by atoms with Crippen molar-refractivity contribution in [3.63, 3.8) is 0 Å². The number of nitrogens with zero attached hydrogens (tertiary/aromatic N) is 2. The molecule has 0 radical (unpaired) electrons. The van der Waals surface area contributed by atoms with E-state index in [1.165, 1.54) is 29.0 Å². The lowest BCUT2D eigenvalue weighted by molar-refractivity contribution is 0.568. The maximum atomic E-state index is 14.0. The molecule has 4 aromatic rings. The van der Waals surface area contributed by atoms with Gasteiger partial charge in [-0.05, 0) is 36.2 Å². The van der Waals surface area contributed by atoms with Gasteiger partial charge in [0.1, 0.15) is 11.5 Å². The number of aryl methyl sites for hydroxylation is 1. The predicted molar refractivity (Wildman–Crippen MR) is 102 cm³/mol. The van der Waals surface area contributed by atoms with E-state index in [1.807, 2.05) is 40.3 Å². The molecule has 0 unspecified atom stereocenters. The molecular weight excluding hydrogens is 366 g/mol. The van der Waals surface area contributed by atoms with Gasteiger partial charge in [0.05, 0.1) is 12.0 Å². The SMILES string of the molecule is Fc1ccc(N=c2scc(-c3ccco3)n2CCc2ccccc2)c(F)c1. The van der Waals surface area contributed by atoms with Crippen molar-refractivity contribution in [3.05, 3.63) is 94.3 Å². The molecule has 3 nitrogen and oxygen atoms in total. The molecule has 27 heavy (non-hydrogen) atoms. The van der Waals surface area contributed by atoms with Crippen LogP contribution in [0, 0.1) is 11.6 Å². The molecule has 0 atom stereocenters. The topological polar surface area (TPSA) is 30.4 Å². The van der Waals surface area contributed by atoms with Crippen molar-refractivity contribution in [2.75, 3.05) is 0 Å². The summed E-state index contributed by atoms with van der Waals surface area (Å²) in [6.07, 6.45) is 2.41. The van der Waals surface area contributed by atoms with Crippen LogP contribution in [-0.4, -0.2) is 4.57 Å². The summed E-state index contributed by atoms with van der Waals surface area (Å²) in [6, 6.07) is 17.2. The highest BCUT2D eigenvalue weighted by molar-refractivity contribution is 7.07. The number of thiazole rings is 1. The summed E-state index contributed by atoms with van der Waals surface area (Å²) in [4.78, 5) is 5.05. The summed E-state index contributed by atoms with van der Waals surface area (Å²) in [6.45, 7) is 0.658. The van der Waals surface area contributed by atoms with Crippen molar-refractivity contribution in [2.24, 2.45) is 4.99 Å². The van der Waals surface area contributed by atoms with Crippen molar-refractivity contribution >= 4 is 17.0 Å². The normalized spacial score (nSPS) is 11.9. The van der Waals surface area contributed by atoms with E-state index < -0.39 is 11.6 Å². The minimum Gasteiger partial charge on any atom is -0.463 e. The van der Waals surface area contributed by atoms with Gasteiger partial charge in [-0.3, -0.25) is 0 Å². The highest BCUT2D eigenvalue weighted by Gasteiger charge is 2.11. The van der Waals surface area contributed by atoms with Gasteiger partial charge in [0.25, 0.3) is 0 Å². The Morgan fingerprint density at radius 3 is 2.59 bits per heavy atom. The molecule has 2 aromatic carbocycles. The quantitative estimate of drug-likeness (QED) is 0.444. The van der Waals surface area contributed by atoms with Crippen LogP contribution < -0.4 is 4.80 Å². The zero-order chi connectivity index (χ0) is 18.6. The molecule has 2 heterocycles. The summed E-state index contributed by atoms with van der Waals surface area (Å²) >= 11 is 1.39. The molecule has 136 valence electrons. The lowest BCUT2D eigenvalue weighted by Gasteiger charge is -2.08. The van der Waals surface area contributed by atoms with Crippen molar-refractivity contribution in [1.82, 2.24) is 4.57 Å². The van der Waals surface area contributed by atoms with E-state index in [0.29, 0.717) is 11.3 Å². The van der Waals surface area contributed by atoms with Gasteiger partial charge in [0.2, 0.25) is 0 Å². The molecule has 0 bridgehead atoms. The van der Waals surface area contributed by atoms with Crippen molar-refractivity contribution in [1.29, 1.82) is 0 Å². The summed E-state index contributed by atoms with van der Waals surface area (Å²) in [5.41, 5.74) is 2.18. The maximum absolute atomic E-state index is 14.0. The first-order chi connectivity index (χ1) is 13.2. The smallest absolute Gasteiger partial charge is 0.190 e. The third-order valence-corrected chi connectivity index (χ3v) is 5.03. The zero-order valence-electron chi connectivity index (χ0n) is 14.3. The highest BCUT2D eigenvalue weighted by Crippen LogP contribution is 2.23. The van der Waals surface area contributed by atoms with Crippen LogP contribution in [0.15, 0.2) is 81.7 Å². The van der Waals surface area contributed by atoms with Gasteiger partial charge in [0.15, 0.2) is 16.4 Å². The van der Waals surface area contributed by atoms with E-state index in [0.717, 1.165) is 23.9 Å². The Morgan fingerprint density at radius 1 is 1.00 bits per heavy atom. The third kappa shape index (κ3) is 3.90. The molecule has 0 N–H and O–H groups in total. The van der Waals surface area contributed by atoms with Crippen LogP contribution in [0.25, 0.3) is 11.5 Å². The average molecular weight is 382 g/mol. The molecule has 2 aromatic heterocycles. The van der Waals surface area contributed by atoms with Crippen molar-refractivity contribution < 1.29 is 13.2 Å². The molecule has 0 fully saturated rings. The van der Waals surface area contributed by atoms with Gasteiger partial charge in [-0.2, -0.15) is 0 Å². The van der Waals surface area contributed by atoms with Gasteiger partial charge in [-0.25, -0.2) is 13.8 Å². The first-order valence-corrected chi connectivity index (χ1v) is 9.34. The first kappa shape index (κ1) is 17.4. The third-order valence-electron chi connectivity index (χ3n) is 4.16. The van der Waals surface area contributed by atoms with Gasteiger partial charge in [-0.1, -0.05) is 30.3 Å². The lowest BCUT2D eigenvalue weighted by Crippen LogP contribution is -2.17. The van der Waals surface area contributed by atoms with Gasteiger partial charge >= 0.3 is 0 Å². The Kier molecular flexibility index (Phi) is 4.98. The number of rotatable bonds is 5. The predicted octanol–water partition coefficient (Wildman–Crippen LogP) is 5.56. The van der Waals surface area contributed by atoms with Crippen LogP contribution in [0.4, 0.5) is 14.5 Å². The Hall–Kier alpha value is -2.99. The van der Waals surface area contributed by atoms with Crippen LogP contribution in [0.5, 0.6) is 0 Å². The summed E-state index contributed by atoms with van der Waals surface area (Å²) in [5, 5.41) is 1.93. The second-order valence-corrected chi connectivity index (χ2v) is 6.81. The fourth-order valence-corrected chi connectivity index (χ4v) is 3.75. The summed E-state index contributed by atoms with van der Waals surface area (Å²) in [7, 11) is 0. The zero-order valence-corrected chi connectivity index (χ0v) is 15.1. The number of benzene rings is 2. The van der Waals surface area contributed by atoms with Crippen LogP contribution in [0.2, 0.25) is 0 Å². The maximum Gasteiger partial charge on any atom is 0.190 e. The highest BCUT2D eigenvalue weighted by atomic mass is 32.1. The Morgan fingerprint density at radius 2 is 1.85 bits per heavy atom. The second kappa shape index (κ2) is 7.72. The second-order valence-electron chi connectivity index (χ2n) is 5.98. The molecule has 4 rings (SSSR count). The number of hydrogen-bond acceptors (Lipinski definition) is 3. The van der Waals surface area contributed by atoms with Crippen LogP contribution in [0.1, 0.15) is 5.56 Å². The monoisotopic (exact) mass is 382 g/mol. The lowest BCUT2D eigenvalue weighted by atomic mass is 10.1. The Bertz CT molecular complexity index is 1100. The minimum atomic E-state index is -0.683. The fraction of sp³-hybridized carbons (Fsp3) is 0.0952. The van der Waals surface area contributed by atoms with E-state index in [-0.39, 0.29) is 5.69 Å². The summed E-state index contributed by atoms with van der Waals surface area (Å²) in [5.74, 6) is -0.580. The molecule has 0 spiro atoms. The largest absolute Gasteiger partial charge is 0.463 e. The average Bonchev–Trinajstić information content (AvgIpc) is 3.33. The van der Waals surface area contributed by atoms with E-state index in [9.17, 15) is 8.78 Å². The van der Waals surface area contributed by atoms with E-state index in [4.69, 9.17) is 4.42 Å². The summed E-state index contributed by atoms with van der Waals surface area (Å²) < 4.78 is 34.7. The standard InChI is InChI=1S/C21H16F2N2OS/c22-16-8-9-18(17(23)13-16)24-21-25(11-10-15-5-2-1-3-6-15)19(14-27-21)20-7-4-12-26-20/h1-9,12-14H,10-11H2. The Labute approximate surface area is 158 Å². The number of furan rings is 1. The van der Waals surface area contributed by atoms with Gasteiger partial charge in [-0.15, -0.1) is 11.3 Å². The minimum absolute atomic E-state index is 0.109. The molecule has 0 saturated heterocycles. The number of halogens is 2. The van der Waals surface area contributed by atoms with Gasteiger partial charge < -0.3 is 8.98 Å². The molecule has 0 aliphatic heterocycles. The first-order valence-electron chi connectivity index (χ1n) is 8.46. The molecule has 0 aliphatic carbocycles. The molecule has 0 aliphatic rings. The van der Waals surface area contributed by atoms with Crippen molar-refractivity contribution in [2.45, 2.75) is 13.0 Å². The molecule has 0 saturated carbocycles. The number of aromatic nitrogens is 1. The fourth-order valence-electron chi connectivity index (χ4n) is 2.82. The van der Waals surface area contributed by atoms with Crippen LogP contribution in [-0.2, 0) is 13.0 Å². The Balaban J connectivity index is 1.76. The molecular formula is C21H16F2N2OS. The van der Waals surface area contributed by atoms with Gasteiger partial charge in [0, 0.05) is 18.0 Å².